The highest BCUT2D eigenvalue weighted by atomic mass is 32.2. The Bertz CT molecular complexity index is 597. The van der Waals surface area contributed by atoms with Crippen molar-refractivity contribution >= 4 is 15.9 Å². The maximum absolute atomic E-state index is 12.4. The smallest absolute Gasteiger partial charge is 0.243 e. The Morgan fingerprint density at radius 1 is 1.33 bits per heavy atom. The number of benzene rings is 1. The van der Waals surface area contributed by atoms with Gasteiger partial charge < -0.3 is 10.4 Å². The van der Waals surface area contributed by atoms with E-state index in [1.807, 2.05) is 0 Å². The summed E-state index contributed by atoms with van der Waals surface area (Å²) in [4.78, 5) is 11.7. The first kappa shape index (κ1) is 17.6. The lowest BCUT2D eigenvalue weighted by Gasteiger charge is -2.18. The van der Waals surface area contributed by atoms with Crippen molar-refractivity contribution < 1.29 is 18.3 Å². The number of nitrogens with one attached hydrogen (secondary N) is 1. The summed E-state index contributed by atoms with van der Waals surface area (Å²) in [5.41, 5.74) is 0.510. The predicted octanol–water partition coefficient (Wildman–Crippen LogP) is 0.885. The first-order chi connectivity index (χ1) is 9.64. The van der Waals surface area contributed by atoms with Gasteiger partial charge in [0.05, 0.1) is 17.5 Å². The molecule has 0 bridgehead atoms. The van der Waals surface area contributed by atoms with E-state index >= 15 is 0 Å². The highest BCUT2D eigenvalue weighted by molar-refractivity contribution is 7.89. The second-order valence-corrected chi connectivity index (χ2v) is 7.28. The summed E-state index contributed by atoms with van der Waals surface area (Å²) < 4.78 is 25.8. The Kier molecular flexibility index (Phi) is 5.88. The number of nitrogens with zero attached hydrogens (tertiary/aromatic N) is 1. The summed E-state index contributed by atoms with van der Waals surface area (Å²) >= 11 is 0. The molecule has 6 nitrogen and oxygen atoms in total. The van der Waals surface area contributed by atoms with Crippen LogP contribution in [0.5, 0.6) is 0 Å². The standard InChI is InChI=1S/C14H22N2O4S/c1-10(2)15-14(18)9-16(4)21(19,20)13-7-5-6-12(8-13)11(3)17/h5-8,10-11,17H,9H2,1-4H3,(H,15,18). The molecule has 1 amide bonds. The van der Waals surface area contributed by atoms with Gasteiger partial charge in [0.1, 0.15) is 0 Å². The second kappa shape index (κ2) is 7.02. The number of sulfonamides is 1. The third-order valence-electron chi connectivity index (χ3n) is 2.86. The highest BCUT2D eigenvalue weighted by Gasteiger charge is 2.23. The summed E-state index contributed by atoms with van der Waals surface area (Å²) in [6.07, 6.45) is -0.755. The average Bonchev–Trinajstić information content (AvgIpc) is 2.37. The fraction of sp³-hybridized carbons (Fsp3) is 0.500. The molecular formula is C14H22N2O4S. The van der Waals surface area contributed by atoms with Crippen LogP contribution in [-0.2, 0) is 14.8 Å². The number of rotatable bonds is 6. The average molecular weight is 314 g/mol. The molecule has 0 saturated heterocycles. The molecule has 2 N–H and O–H groups in total. The molecule has 1 aromatic carbocycles. The number of hydrogen-bond donors (Lipinski definition) is 2. The molecule has 0 aliphatic carbocycles. The number of carbonyl (C=O) groups excluding carboxylic acids is 1. The van der Waals surface area contributed by atoms with Gasteiger partial charge in [0.15, 0.2) is 0 Å². The SMILES string of the molecule is CC(C)NC(=O)CN(C)S(=O)(=O)c1cccc(C(C)O)c1. The van der Waals surface area contributed by atoms with Gasteiger partial charge in [-0.2, -0.15) is 4.31 Å². The summed E-state index contributed by atoms with van der Waals surface area (Å²) in [7, 11) is -2.41. The minimum absolute atomic E-state index is 0.0489. The number of aliphatic hydroxyl groups excluding tert-OH is 1. The van der Waals surface area contributed by atoms with Crippen LogP contribution in [0.15, 0.2) is 29.2 Å². The van der Waals surface area contributed by atoms with E-state index in [-0.39, 0.29) is 23.4 Å². The van der Waals surface area contributed by atoms with Crippen LogP contribution in [0.4, 0.5) is 0 Å². The number of amides is 1. The molecule has 21 heavy (non-hydrogen) atoms. The van der Waals surface area contributed by atoms with Gasteiger partial charge in [-0.05, 0) is 38.5 Å². The molecule has 0 heterocycles. The number of likely N-dealkylation sites (N-methyl/N-ethyl adjacent to an activating group) is 1. The normalized spacial score (nSPS) is 13.5. The van der Waals surface area contributed by atoms with Crippen LogP contribution in [0, 0.1) is 0 Å². The van der Waals surface area contributed by atoms with Crippen LogP contribution < -0.4 is 5.32 Å². The largest absolute Gasteiger partial charge is 0.389 e. The fourth-order valence-electron chi connectivity index (χ4n) is 1.77. The number of hydrogen-bond acceptors (Lipinski definition) is 4. The van der Waals surface area contributed by atoms with Crippen LogP contribution in [0.3, 0.4) is 0 Å². The summed E-state index contributed by atoms with van der Waals surface area (Å²) in [6, 6.07) is 6.02. The van der Waals surface area contributed by atoms with E-state index in [0.29, 0.717) is 5.56 Å². The van der Waals surface area contributed by atoms with Crippen LogP contribution in [0.1, 0.15) is 32.4 Å². The van der Waals surface area contributed by atoms with Crippen LogP contribution in [-0.4, -0.2) is 43.4 Å². The third-order valence-corrected chi connectivity index (χ3v) is 4.66. The van der Waals surface area contributed by atoms with Crippen molar-refractivity contribution in [1.29, 1.82) is 0 Å². The Labute approximate surface area is 125 Å². The Morgan fingerprint density at radius 2 is 1.95 bits per heavy atom. The van der Waals surface area contributed by atoms with Crippen molar-refractivity contribution in [2.24, 2.45) is 0 Å². The summed E-state index contributed by atoms with van der Waals surface area (Å²) in [6.45, 7) is 4.92. The van der Waals surface area contributed by atoms with Gasteiger partial charge in [-0.3, -0.25) is 4.79 Å². The van der Waals surface area contributed by atoms with E-state index in [2.05, 4.69) is 5.32 Å². The van der Waals surface area contributed by atoms with Crippen molar-refractivity contribution in [3.05, 3.63) is 29.8 Å². The monoisotopic (exact) mass is 314 g/mol. The molecule has 0 saturated carbocycles. The zero-order chi connectivity index (χ0) is 16.2. The van der Waals surface area contributed by atoms with Crippen LogP contribution in [0.2, 0.25) is 0 Å². The fourth-order valence-corrected chi connectivity index (χ4v) is 2.95. The second-order valence-electron chi connectivity index (χ2n) is 5.23. The van der Waals surface area contributed by atoms with E-state index in [0.717, 1.165) is 4.31 Å². The third kappa shape index (κ3) is 4.80. The van der Waals surface area contributed by atoms with Crippen molar-refractivity contribution in [2.45, 2.75) is 37.8 Å². The van der Waals surface area contributed by atoms with E-state index in [1.165, 1.54) is 19.2 Å². The Morgan fingerprint density at radius 3 is 2.48 bits per heavy atom. The van der Waals surface area contributed by atoms with Gasteiger partial charge in [0, 0.05) is 13.1 Å². The van der Waals surface area contributed by atoms with E-state index in [4.69, 9.17) is 0 Å². The zero-order valence-corrected chi connectivity index (χ0v) is 13.5. The van der Waals surface area contributed by atoms with E-state index in [9.17, 15) is 18.3 Å². The lowest BCUT2D eigenvalue weighted by atomic mass is 10.1. The molecule has 0 fully saturated rings. The molecule has 1 rings (SSSR count). The van der Waals surface area contributed by atoms with Gasteiger partial charge in [0.2, 0.25) is 15.9 Å². The molecule has 7 heteroatoms. The molecule has 0 aliphatic heterocycles. The van der Waals surface area contributed by atoms with Crippen LogP contribution in [0.25, 0.3) is 0 Å². The minimum Gasteiger partial charge on any atom is -0.389 e. The van der Waals surface area contributed by atoms with Gasteiger partial charge in [-0.15, -0.1) is 0 Å². The Balaban J connectivity index is 2.94. The number of aliphatic hydroxyl groups is 1. The molecule has 1 atom stereocenters. The number of carbonyl (C=O) groups is 1. The van der Waals surface area contributed by atoms with Gasteiger partial charge in [-0.25, -0.2) is 8.42 Å². The zero-order valence-electron chi connectivity index (χ0n) is 12.7. The summed E-state index contributed by atoms with van der Waals surface area (Å²) in [5.74, 6) is -0.359. The molecule has 1 unspecified atom stereocenters. The van der Waals surface area contributed by atoms with Gasteiger partial charge in [0.25, 0.3) is 0 Å². The molecular weight excluding hydrogens is 292 g/mol. The van der Waals surface area contributed by atoms with E-state index < -0.39 is 16.1 Å². The summed E-state index contributed by atoms with van der Waals surface area (Å²) in [5, 5.41) is 12.2. The lowest BCUT2D eigenvalue weighted by Crippen LogP contribution is -2.40. The molecule has 1 aromatic rings. The first-order valence-corrected chi connectivity index (χ1v) is 8.12. The lowest BCUT2D eigenvalue weighted by molar-refractivity contribution is -0.121. The molecule has 0 radical (unpaired) electrons. The van der Waals surface area contributed by atoms with Crippen molar-refractivity contribution in [1.82, 2.24) is 9.62 Å². The highest BCUT2D eigenvalue weighted by Crippen LogP contribution is 2.19. The van der Waals surface area contributed by atoms with Crippen molar-refractivity contribution in [2.75, 3.05) is 13.6 Å². The topological polar surface area (TPSA) is 86.7 Å². The maximum Gasteiger partial charge on any atom is 0.243 e. The van der Waals surface area contributed by atoms with E-state index in [1.54, 1.807) is 32.9 Å². The quantitative estimate of drug-likeness (QED) is 0.816. The minimum atomic E-state index is -3.76. The maximum atomic E-state index is 12.4. The predicted molar refractivity (Wildman–Crippen MR) is 80.2 cm³/mol. The van der Waals surface area contributed by atoms with Crippen molar-refractivity contribution in [3.63, 3.8) is 0 Å². The van der Waals surface area contributed by atoms with Crippen LogP contribution >= 0.6 is 0 Å². The first-order valence-electron chi connectivity index (χ1n) is 6.68. The molecule has 118 valence electrons. The molecule has 0 aromatic heterocycles. The Hall–Kier alpha value is -1.44. The molecule has 0 spiro atoms. The van der Waals surface area contributed by atoms with Gasteiger partial charge >= 0.3 is 0 Å². The van der Waals surface area contributed by atoms with Gasteiger partial charge in [-0.1, -0.05) is 12.1 Å². The molecule has 0 aliphatic rings. The van der Waals surface area contributed by atoms with Crippen molar-refractivity contribution in [3.8, 4) is 0 Å².